The van der Waals surface area contributed by atoms with Gasteiger partial charge in [-0.2, -0.15) is 8.78 Å². The standard InChI is InChI=1S/C9H6ClF2NO/c10-4-5-2-1-3-6-7(5)14-9(13-6)8(11)12/h1-3,8H,4H2. The summed E-state index contributed by atoms with van der Waals surface area (Å²) in [5.41, 5.74) is 1.43. The lowest BCUT2D eigenvalue weighted by molar-refractivity contribution is 0.117. The number of nitrogens with zero attached hydrogens (tertiary/aromatic N) is 1. The third-order valence-corrected chi connectivity index (χ3v) is 2.13. The van der Waals surface area contributed by atoms with Gasteiger partial charge >= 0.3 is 6.43 Å². The zero-order valence-corrected chi connectivity index (χ0v) is 7.76. The number of aromatic nitrogens is 1. The molecule has 2 rings (SSSR count). The van der Waals surface area contributed by atoms with Crippen molar-refractivity contribution in [3.05, 3.63) is 29.7 Å². The van der Waals surface area contributed by atoms with Crippen molar-refractivity contribution in [1.29, 1.82) is 0 Å². The molecule has 1 heterocycles. The topological polar surface area (TPSA) is 26.0 Å². The Kier molecular flexibility index (Phi) is 2.37. The lowest BCUT2D eigenvalue weighted by Crippen LogP contribution is -1.80. The minimum absolute atomic E-state index is 0.217. The summed E-state index contributed by atoms with van der Waals surface area (Å²) in [4.78, 5) is 3.65. The SMILES string of the molecule is FC(F)c1nc2cccc(CCl)c2o1. The van der Waals surface area contributed by atoms with Crippen LogP contribution in [0.1, 0.15) is 17.9 Å². The van der Waals surface area contributed by atoms with Crippen LogP contribution in [0.15, 0.2) is 22.6 Å². The Bertz CT molecular complexity index is 455. The molecule has 0 aliphatic carbocycles. The summed E-state index contributed by atoms with van der Waals surface area (Å²) < 4.78 is 29.4. The third-order valence-electron chi connectivity index (χ3n) is 1.84. The third kappa shape index (κ3) is 1.46. The fourth-order valence-electron chi connectivity index (χ4n) is 1.22. The maximum absolute atomic E-state index is 12.3. The van der Waals surface area contributed by atoms with Gasteiger partial charge in [0.05, 0.1) is 5.88 Å². The van der Waals surface area contributed by atoms with Gasteiger partial charge in [-0.05, 0) is 6.07 Å². The smallest absolute Gasteiger partial charge is 0.313 e. The van der Waals surface area contributed by atoms with Crippen LogP contribution in [0.2, 0.25) is 0 Å². The van der Waals surface area contributed by atoms with Crippen molar-refractivity contribution in [3.8, 4) is 0 Å². The predicted molar refractivity (Wildman–Crippen MR) is 48.5 cm³/mol. The number of rotatable bonds is 2. The van der Waals surface area contributed by atoms with Crippen LogP contribution in [0, 0.1) is 0 Å². The molecule has 0 saturated heterocycles. The van der Waals surface area contributed by atoms with Crippen LogP contribution >= 0.6 is 11.6 Å². The monoisotopic (exact) mass is 217 g/mol. The first-order valence-electron chi connectivity index (χ1n) is 3.95. The van der Waals surface area contributed by atoms with Crippen LogP contribution in [0.5, 0.6) is 0 Å². The Morgan fingerprint density at radius 2 is 2.21 bits per heavy atom. The molecule has 0 radical (unpaired) electrons. The fourth-order valence-corrected chi connectivity index (χ4v) is 1.43. The summed E-state index contributed by atoms with van der Waals surface area (Å²) in [6.07, 6.45) is -2.69. The molecule has 0 aliphatic rings. The largest absolute Gasteiger partial charge is 0.435 e. The number of benzene rings is 1. The molecule has 2 nitrogen and oxygen atoms in total. The molecule has 1 aromatic heterocycles. The van der Waals surface area contributed by atoms with Crippen molar-refractivity contribution in [3.63, 3.8) is 0 Å². The molecule has 0 fully saturated rings. The molecule has 74 valence electrons. The van der Waals surface area contributed by atoms with E-state index in [-0.39, 0.29) is 5.88 Å². The zero-order chi connectivity index (χ0) is 10.1. The Hall–Kier alpha value is -1.16. The first-order chi connectivity index (χ1) is 6.72. The predicted octanol–water partition coefficient (Wildman–Crippen LogP) is 3.50. The van der Waals surface area contributed by atoms with Gasteiger partial charge in [0.2, 0.25) is 0 Å². The van der Waals surface area contributed by atoms with Crippen LogP contribution in [0.4, 0.5) is 8.78 Å². The molecule has 2 aromatic rings. The summed E-state index contributed by atoms with van der Waals surface area (Å²) in [7, 11) is 0. The van der Waals surface area contributed by atoms with Gasteiger partial charge in [-0.25, -0.2) is 4.98 Å². The number of halogens is 3. The lowest BCUT2D eigenvalue weighted by Gasteiger charge is -1.93. The second kappa shape index (κ2) is 3.53. The van der Waals surface area contributed by atoms with E-state index in [1.165, 1.54) is 0 Å². The Morgan fingerprint density at radius 3 is 2.86 bits per heavy atom. The van der Waals surface area contributed by atoms with E-state index in [1.807, 2.05) is 0 Å². The van der Waals surface area contributed by atoms with Gasteiger partial charge in [-0.3, -0.25) is 0 Å². The van der Waals surface area contributed by atoms with E-state index in [1.54, 1.807) is 18.2 Å². The number of fused-ring (bicyclic) bond motifs is 1. The highest BCUT2D eigenvalue weighted by Crippen LogP contribution is 2.26. The molecule has 0 saturated carbocycles. The maximum atomic E-state index is 12.3. The summed E-state index contributed by atoms with van der Waals surface area (Å²) in [5, 5.41) is 0. The van der Waals surface area contributed by atoms with E-state index in [0.29, 0.717) is 16.7 Å². The van der Waals surface area contributed by atoms with E-state index in [2.05, 4.69) is 4.98 Å². The van der Waals surface area contributed by atoms with Crippen molar-refractivity contribution >= 4 is 22.7 Å². The molecule has 0 spiro atoms. The second-order valence-corrected chi connectivity index (χ2v) is 3.02. The van der Waals surface area contributed by atoms with Crippen LogP contribution in [0.25, 0.3) is 11.1 Å². The van der Waals surface area contributed by atoms with Gasteiger partial charge in [0.25, 0.3) is 5.89 Å². The highest BCUT2D eigenvalue weighted by Gasteiger charge is 2.16. The van der Waals surface area contributed by atoms with Crippen LogP contribution < -0.4 is 0 Å². The number of hydrogen-bond acceptors (Lipinski definition) is 2. The van der Waals surface area contributed by atoms with Crippen LogP contribution in [-0.2, 0) is 5.88 Å². The first kappa shape index (κ1) is 9.40. The van der Waals surface area contributed by atoms with Gasteiger partial charge in [-0.1, -0.05) is 12.1 Å². The number of hydrogen-bond donors (Lipinski definition) is 0. The van der Waals surface area contributed by atoms with Gasteiger partial charge in [0.1, 0.15) is 5.52 Å². The molecule has 0 N–H and O–H groups in total. The van der Waals surface area contributed by atoms with Crippen LogP contribution in [-0.4, -0.2) is 4.98 Å². The Labute approximate surface area is 83.5 Å². The molecular weight excluding hydrogens is 212 g/mol. The second-order valence-electron chi connectivity index (χ2n) is 2.75. The normalized spacial score (nSPS) is 11.4. The minimum atomic E-state index is -2.69. The lowest BCUT2D eigenvalue weighted by atomic mass is 10.2. The quantitative estimate of drug-likeness (QED) is 0.720. The highest BCUT2D eigenvalue weighted by atomic mass is 35.5. The van der Waals surface area contributed by atoms with E-state index in [0.717, 1.165) is 0 Å². The number of para-hydroxylation sites is 1. The molecule has 0 aliphatic heterocycles. The number of oxazole rings is 1. The molecule has 0 unspecified atom stereocenters. The molecule has 0 bridgehead atoms. The molecular formula is C9H6ClF2NO. The summed E-state index contributed by atoms with van der Waals surface area (Å²) in [5.74, 6) is -0.340. The van der Waals surface area contributed by atoms with Gasteiger partial charge in [0.15, 0.2) is 5.58 Å². The Morgan fingerprint density at radius 1 is 1.43 bits per heavy atom. The minimum Gasteiger partial charge on any atom is -0.435 e. The highest BCUT2D eigenvalue weighted by molar-refractivity contribution is 6.17. The summed E-state index contributed by atoms with van der Waals surface area (Å²) in [6, 6.07) is 5.04. The zero-order valence-electron chi connectivity index (χ0n) is 7.01. The molecule has 14 heavy (non-hydrogen) atoms. The van der Waals surface area contributed by atoms with E-state index in [9.17, 15) is 8.78 Å². The fraction of sp³-hybridized carbons (Fsp3) is 0.222. The van der Waals surface area contributed by atoms with E-state index < -0.39 is 12.3 Å². The maximum Gasteiger partial charge on any atom is 0.313 e. The van der Waals surface area contributed by atoms with Crippen molar-refractivity contribution < 1.29 is 13.2 Å². The Balaban J connectivity index is 2.64. The number of alkyl halides is 3. The van der Waals surface area contributed by atoms with Gasteiger partial charge in [0, 0.05) is 5.56 Å². The van der Waals surface area contributed by atoms with E-state index in [4.69, 9.17) is 16.0 Å². The average molecular weight is 218 g/mol. The summed E-state index contributed by atoms with van der Waals surface area (Å²) >= 11 is 5.62. The summed E-state index contributed by atoms with van der Waals surface area (Å²) in [6.45, 7) is 0. The van der Waals surface area contributed by atoms with Crippen LogP contribution in [0.3, 0.4) is 0 Å². The van der Waals surface area contributed by atoms with Gasteiger partial charge in [-0.15, -0.1) is 11.6 Å². The molecule has 0 amide bonds. The van der Waals surface area contributed by atoms with Crippen molar-refractivity contribution in [2.24, 2.45) is 0 Å². The molecule has 0 atom stereocenters. The first-order valence-corrected chi connectivity index (χ1v) is 4.48. The molecule has 5 heteroatoms. The van der Waals surface area contributed by atoms with Crippen molar-refractivity contribution in [2.45, 2.75) is 12.3 Å². The molecule has 1 aromatic carbocycles. The van der Waals surface area contributed by atoms with Gasteiger partial charge < -0.3 is 4.42 Å². The van der Waals surface area contributed by atoms with E-state index >= 15 is 0 Å². The van der Waals surface area contributed by atoms with Crippen molar-refractivity contribution in [1.82, 2.24) is 4.98 Å². The van der Waals surface area contributed by atoms with Crippen molar-refractivity contribution in [2.75, 3.05) is 0 Å². The average Bonchev–Trinajstić information content (AvgIpc) is 2.60.